The molecule has 0 aliphatic carbocycles. The fourth-order valence-electron chi connectivity index (χ4n) is 2.09. The second kappa shape index (κ2) is 5.10. The molecule has 0 saturated carbocycles. The number of nitrogens with zero attached hydrogens (tertiary/aromatic N) is 1. The molecule has 0 fully saturated rings. The number of hydroxylamine groups is 2. The van der Waals surface area contributed by atoms with E-state index in [1.807, 2.05) is 25.1 Å². The van der Waals surface area contributed by atoms with Gasteiger partial charge in [0, 0.05) is 16.6 Å². The Balaban J connectivity index is 2.35. The van der Waals surface area contributed by atoms with E-state index in [1.165, 1.54) is 0 Å². The Labute approximate surface area is 105 Å². The number of fused-ring (bicyclic) bond motifs is 1. The van der Waals surface area contributed by atoms with Crippen molar-refractivity contribution in [3.8, 4) is 5.75 Å². The number of hydrogen-bond donors (Lipinski definition) is 2. The molecule has 0 radical (unpaired) electrons. The minimum Gasteiger partial charge on any atom is -0.497 e. The van der Waals surface area contributed by atoms with Crippen LogP contribution in [0.5, 0.6) is 5.75 Å². The predicted molar refractivity (Wildman–Crippen MR) is 67.8 cm³/mol. The molecule has 96 valence electrons. The Kier molecular flexibility index (Phi) is 3.53. The topological polar surface area (TPSA) is 65.6 Å². The third kappa shape index (κ3) is 2.31. The van der Waals surface area contributed by atoms with Crippen LogP contribution in [0.1, 0.15) is 11.3 Å². The lowest BCUT2D eigenvalue weighted by Gasteiger charge is -2.08. The molecule has 0 atom stereocenters. The Bertz CT molecular complexity index is 563. The maximum atomic E-state index is 10.4. The summed E-state index contributed by atoms with van der Waals surface area (Å²) < 4.78 is 5.20. The van der Waals surface area contributed by atoms with Gasteiger partial charge in [0.1, 0.15) is 5.75 Å². The third-order valence-electron chi connectivity index (χ3n) is 3.04. The Morgan fingerprint density at radius 2 is 2.28 bits per heavy atom. The van der Waals surface area contributed by atoms with Crippen molar-refractivity contribution in [3.63, 3.8) is 0 Å². The molecule has 2 rings (SSSR count). The van der Waals surface area contributed by atoms with Gasteiger partial charge in [-0.25, -0.2) is 5.06 Å². The van der Waals surface area contributed by atoms with Gasteiger partial charge in [-0.15, -0.1) is 0 Å². The number of methoxy groups -OCH3 is 1. The van der Waals surface area contributed by atoms with E-state index in [-0.39, 0.29) is 6.54 Å². The van der Waals surface area contributed by atoms with Gasteiger partial charge in [-0.05, 0) is 37.1 Å². The number of carbonyl (C=O) groups is 1. The number of aromatic nitrogens is 1. The first-order valence-electron chi connectivity index (χ1n) is 5.71. The molecule has 5 nitrogen and oxygen atoms in total. The number of benzene rings is 1. The molecule has 0 aliphatic rings. The lowest BCUT2D eigenvalue weighted by molar-refractivity contribution is -0.149. The zero-order chi connectivity index (χ0) is 13.1. The summed E-state index contributed by atoms with van der Waals surface area (Å²) in [6.45, 7) is 2.25. The zero-order valence-electron chi connectivity index (χ0n) is 10.4. The first-order chi connectivity index (χ1) is 8.65. The molecule has 0 aliphatic heterocycles. The SMILES string of the molecule is COc1ccc2[nH]c(C)c(CCN(O)C=O)c2c1. The molecular formula is C13H16N2O3. The summed E-state index contributed by atoms with van der Waals surface area (Å²) in [5.41, 5.74) is 3.15. The summed E-state index contributed by atoms with van der Waals surface area (Å²) in [5.74, 6) is 0.791. The molecule has 1 aromatic heterocycles. The third-order valence-corrected chi connectivity index (χ3v) is 3.04. The number of aromatic amines is 1. The maximum absolute atomic E-state index is 10.4. The molecule has 0 saturated heterocycles. The van der Waals surface area contributed by atoms with Crippen molar-refractivity contribution in [2.75, 3.05) is 13.7 Å². The van der Waals surface area contributed by atoms with Crippen LogP contribution in [0, 0.1) is 6.92 Å². The van der Waals surface area contributed by atoms with Crippen molar-refractivity contribution < 1.29 is 14.7 Å². The van der Waals surface area contributed by atoms with E-state index in [9.17, 15) is 4.79 Å². The highest BCUT2D eigenvalue weighted by molar-refractivity contribution is 5.86. The lowest BCUT2D eigenvalue weighted by Crippen LogP contribution is -2.19. The van der Waals surface area contributed by atoms with Crippen molar-refractivity contribution in [2.24, 2.45) is 0 Å². The first-order valence-corrected chi connectivity index (χ1v) is 5.71. The van der Waals surface area contributed by atoms with E-state index in [2.05, 4.69) is 4.98 Å². The normalized spacial score (nSPS) is 10.6. The number of aryl methyl sites for hydroxylation is 1. The van der Waals surface area contributed by atoms with Crippen LogP contribution >= 0.6 is 0 Å². The number of H-pyrrole nitrogens is 1. The summed E-state index contributed by atoms with van der Waals surface area (Å²) in [5, 5.41) is 10.9. The van der Waals surface area contributed by atoms with Crippen LogP contribution in [0.15, 0.2) is 18.2 Å². The van der Waals surface area contributed by atoms with Gasteiger partial charge in [0.05, 0.1) is 13.7 Å². The highest BCUT2D eigenvalue weighted by Gasteiger charge is 2.10. The second-order valence-corrected chi connectivity index (χ2v) is 4.16. The van der Waals surface area contributed by atoms with Gasteiger partial charge < -0.3 is 9.72 Å². The summed E-state index contributed by atoms with van der Waals surface area (Å²) >= 11 is 0. The fraction of sp³-hybridized carbons (Fsp3) is 0.308. The van der Waals surface area contributed by atoms with E-state index in [0.29, 0.717) is 17.9 Å². The number of rotatable bonds is 5. The smallest absolute Gasteiger partial charge is 0.233 e. The first kappa shape index (κ1) is 12.4. The molecule has 2 N–H and O–H groups in total. The minimum atomic E-state index is 0.272. The molecule has 0 bridgehead atoms. The maximum Gasteiger partial charge on any atom is 0.233 e. The number of ether oxygens (including phenoxy) is 1. The molecule has 1 aromatic carbocycles. The number of hydrogen-bond acceptors (Lipinski definition) is 3. The summed E-state index contributed by atoms with van der Waals surface area (Å²) in [7, 11) is 1.63. The standard InChI is InChI=1S/C13H16N2O3/c1-9-11(5-6-15(17)8-16)12-7-10(18-2)3-4-13(12)14-9/h3-4,7-8,14,17H,5-6H2,1-2H3. The molecule has 1 amide bonds. The number of nitrogens with one attached hydrogen (secondary N) is 1. The van der Waals surface area contributed by atoms with Crippen molar-refractivity contribution in [3.05, 3.63) is 29.5 Å². The highest BCUT2D eigenvalue weighted by Crippen LogP contribution is 2.26. The van der Waals surface area contributed by atoms with Crippen molar-refractivity contribution in [2.45, 2.75) is 13.3 Å². The average molecular weight is 248 g/mol. The molecule has 5 heteroatoms. The van der Waals surface area contributed by atoms with Crippen LogP contribution < -0.4 is 4.74 Å². The Hall–Kier alpha value is -2.01. The van der Waals surface area contributed by atoms with Gasteiger partial charge in [0.2, 0.25) is 6.41 Å². The van der Waals surface area contributed by atoms with Crippen LogP contribution in [0.4, 0.5) is 0 Å². The van der Waals surface area contributed by atoms with Crippen LogP contribution in [0.25, 0.3) is 10.9 Å². The van der Waals surface area contributed by atoms with Gasteiger partial charge in [-0.1, -0.05) is 0 Å². The molecule has 0 unspecified atom stereocenters. The van der Waals surface area contributed by atoms with Crippen molar-refractivity contribution in [1.29, 1.82) is 0 Å². The van der Waals surface area contributed by atoms with E-state index in [4.69, 9.17) is 9.94 Å². The van der Waals surface area contributed by atoms with Gasteiger partial charge in [-0.3, -0.25) is 10.0 Å². The highest BCUT2D eigenvalue weighted by atomic mass is 16.5. The number of amides is 1. The summed E-state index contributed by atoms with van der Waals surface area (Å²) in [6, 6.07) is 5.81. The van der Waals surface area contributed by atoms with Crippen LogP contribution in [-0.2, 0) is 11.2 Å². The zero-order valence-corrected chi connectivity index (χ0v) is 10.4. The van der Waals surface area contributed by atoms with Crippen LogP contribution in [0.3, 0.4) is 0 Å². The van der Waals surface area contributed by atoms with E-state index < -0.39 is 0 Å². The average Bonchev–Trinajstić information content (AvgIpc) is 2.70. The van der Waals surface area contributed by atoms with Crippen LogP contribution in [-0.4, -0.2) is 35.3 Å². The van der Waals surface area contributed by atoms with E-state index >= 15 is 0 Å². The fourth-order valence-corrected chi connectivity index (χ4v) is 2.09. The second-order valence-electron chi connectivity index (χ2n) is 4.16. The molecule has 0 spiro atoms. The number of carbonyl (C=O) groups excluding carboxylic acids is 1. The molecule has 18 heavy (non-hydrogen) atoms. The van der Waals surface area contributed by atoms with Crippen LogP contribution in [0.2, 0.25) is 0 Å². The summed E-state index contributed by atoms with van der Waals surface area (Å²) in [6.07, 6.45) is 0.999. The molecule has 1 heterocycles. The minimum absolute atomic E-state index is 0.272. The molecular weight excluding hydrogens is 232 g/mol. The van der Waals surface area contributed by atoms with Crippen molar-refractivity contribution >= 4 is 17.3 Å². The molecule has 2 aromatic rings. The van der Waals surface area contributed by atoms with Gasteiger partial charge in [-0.2, -0.15) is 0 Å². The Morgan fingerprint density at radius 1 is 1.50 bits per heavy atom. The van der Waals surface area contributed by atoms with Gasteiger partial charge >= 0.3 is 0 Å². The van der Waals surface area contributed by atoms with Gasteiger partial charge in [0.15, 0.2) is 0 Å². The van der Waals surface area contributed by atoms with E-state index in [0.717, 1.165) is 27.9 Å². The summed E-state index contributed by atoms with van der Waals surface area (Å²) in [4.78, 5) is 13.6. The van der Waals surface area contributed by atoms with E-state index in [1.54, 1.807) is 7.11 Å². The lowest BCUT2D eigenvalue weighted by atomic mass is 10.1. The monoisotopic (exact) mass is 248 g/mol. The van der Waals surface area contributed by atoms with Gasteiger partial charge in [0.25, 0.3) is 0 Å². The largest absolute Gasteiger partial charge is 0.497 e. The predicted octanol–water partition coefficient (Wildman–Crippen LogP) is 1.88. The van der Waals surface area contributed by atoms with Crippen molar-refractivity contribution in [1.82, 2.24) is 10.0 Å². The quantitative estimate of drug-likeness (QED) is 0.482. The Morgan fingerprint density at radius 3 is 2.94 bits per heavy atom.